The van der Waals surface area contributed by atoms with Crippen molar-refractivity contribution in [1.82, 2.24) is 15.1 Å². The number of H-pyrrole nitrogens is 1. The maximum absolute atomic E-state index is 12.5. The summed E-state index contributed by atoms with van der Waals surface area (Å²) >= 11 is 0. The number of carbonyl (C=O) groups excluding carboxylic acids is 1. The van der Waals surface area contributed by atoms with Crippen LogP contribution in [0.1, 0.15) is 37.8 Å². The van der Waals surface area contributed by atoms with Crippen LogP contribution in [-0.4, -0.2) is 48.4 Å². The quantitative estimate of drug-likeness (QED) is 0.703. The van der Waals surface area contributed by atoms with Gasteiger partial charge in [0.05, 0.1) is 11.4 Å². The lowest BCUT2D eigenvalue weighted by molar-refractivity contribution is 0.194. The highest BCUT2D eigenvalue weighted by Crippen LogP contribution is 2.26. The molecule has 146 valence electrons. The van der Waals surface area contributed by atoms with Crippen molar-refractivity contribution in [3.05, 3.63) is 42.2 Å². The van der Waals surface area contributed by atoms with Crippen LogP contribution in [0.25, 0.3) is 0 Å². The first kappa shape index (κ1) is 19.2. The van der Waals surface area contributed by atoms with Crippen LogP contribution in [0.2, 0.25) is 0 Å². The first-order valence-electron chi connectivity index (χ1n) is 9.12. The number of hydrogen-bond donors (Lipinski definition) is 3. The summed E-state index contributed by atoms with van der Waals surface area (Å²) in [6, 6.07) is 8.55. The number of benzene rings is 1. The van der Waals surface area contributed by atoms with Crippen LogP contribution >= 0.6 is 0 Å². The van der Waals surface area contributed by atoms with Gasteiger partial charge in [0.25, 0.3) is 0 Å². The van der Waals surface area contributed by atoms with Gasteiger partial charge in [0.15, 0.2) is 0 Å². The monoisotopic (exact) mass is 391 g/mol. The third-order valence-corrected chi connectivity index (χ3v) is 6.10. The van der Waals surface area contributed by atoms with E-state index in [2.05, 4.69) is 20.2 Å². The number of hydrogen-bond acceptors (Lipinski definition) is 4. The van der Waals surface area contributed by atoms with Crippen molar-refractivity contribution in [1.29, 1.82) is 0 Å². The van der Waals surface area contributed by atoms with Crippen molar-refractivity contribution < 1.29 is 13.2 Å². The Bertz CT molecular complexity index is 859. The number of amides is 2. The Morgan fingerprint density at radius 1 is 1.26 bits per heavy atom. The number of anilines is 2. The molecule has 0 spiro atoms. The second kappa shape index (κ2) is 8.43. The molecule has 27 heavy (non-hydrogen) atoms. The third kappa shape index (κ3) is 5.22. The summed E-state index contributed by atoms with van der Waals surface area (Å²) < 4.78 is 26.3. The van der Waals surface area contributed by atoms with Crippen LogP contribution < -0.4 is 10.0 Å². The minimum Gasteiger partial charge on any atom is -0.324 e. The first-order chi connectivity index (χ1) is 13.0. The summed E-state index contributed by atoms with van der Waals surface area (Å²) in [6.45, 7) is 3.14. The number of aromatic nitrogens is 2. The largest absolute Gasteiger partial charge is 0.324 e. The Hall–Kier alpha value is -2.55. The Morgan fingerprint density at radius 2 is 2.00 bits per heavy atom. The molecule has 1 aromatic heterocycles. The molecule has 0 radical (unpaired) electrons. The number of nitrogens with one attached hydrogen (secondary N) is 3. The van der Waals surface area contributed by atoms with Gasteiger partial charge in [0.1, 0.15) is 0 Å². The predicted molar refractivity (Wildman–Crippen MR) is 105 cm³/mol. The molecule has 1 fully saturated rings. The maximum Gasteiger partial charge on any atom is 0.321 e. The molecule has 1 aromatic carbocycles. The van der Waals surface area contributed by atoms with Crippen LogP contribution in [-0.2, 0) is 10.0 Å². The molecule has 2 heterocycles. The molecule has 3 rings (SSSR count). The van der Waals surface area contributed by atoms with E-state index < -0.39 is 10.0 Å². The molecule has 0 bridgehead atoms. The lowest BCUT2D eigenvalue weighted by Gasteiger charge is -2.31. The summed E-state index contributed by atoms with van der Waals surface area (Å²) in [5.74, 6) is 0.461. The second-order valence-electron chi connectivity index (χ2n) is 6.71. The highest BCUT2D eigenvalue weighted by Gasteiger charge is 2.24. The summed E-state index contributed by atoms with van der Waals surface area (Å²) in [5.41, 5.74) is 2.12. The molecule has 2 aromatic rings. The van der Waals surface area contributed by atoms with Gasteiger partial charge in [-0.15, -0.1) is 0 Å². The molecule has 1 aliphatic heterocycles. The van der Waals surface area contributed by atoms with Crippen molar-refractivity contribution in [2.24, 2.45) is 0 Å². The summed E-state index contributed by atoms with van der Waals surface area (Å²) in [5, 5.41) is 9.84. The van der Waals surface area contributed by atoms with E-state index in [9.17, 15) is 13.2 Å². The lowest BCUT2D eigenvalue weighted by atomic mass is 9.94. The number of rotatable bonds is 6. The molecule has 1 aliphatic rings. The van der Waals surface area contributed by atoms with Gasteiger partial charge in [-0.1, -0.05) is 13.0 Å². The van der Waals surface area contributed by atoms with E-state index in [-0.39, 0.29) is 11.8 Å². The number of sulfonamides is 1. The molecule has 3 N–H and O–H groups in total. The molecule has 8 nitrogen and oxygen atoms in total. The van der Waals surface area contributed by atoms with E-state index in [1.54, 1.807) is 35.4 Å². The van der Waals surface area contributed by atoms with Crippen LogP contribution in [0.15, 0.2) is 36.5 Å². The fourth-order valence-electron chi connectivity index (χ4n) is 3.25. The highest BCUT2D eigenvalue weighted by atomic mass is 32.2. The van der Waals surface area contributed by atoms with Gasteiger partial charge < -0.3 is 10.2 Å². The summed E-state index contributed by atoms with van der Waals surface area (Å²) in [6.07, 6.45) is 4.05. The number of likely N-dealkylation sites (tertiary alicyclic amines) is 1. The summed E-state index contributed by atoms with van der Waals surface area (Å²) in [7, 11) is -3.36. The van der Waals surface area contributed by atoms with Crippen molar-refractivity contribution in [2.45, 2.75) is 32.1 Å². The van der Waals surface area contributed by atoms with Gasteiger partial charge >= 0.3 is 6.03 Å². The number of urea groups is 1. The lowest BCUT2D eigenvalue weighted by Crippen LogP contribution is -2.40. The van der Waals surface area contributed by atoms with Gasteiger partial charge in [0.2, 0.25) is 10.0 Å². The van der Waals surface area contributed by atoms with Gasteiger partial charge in [-0.2, -0.15) is 5.10 Å². The summed E-state index contributed by atoms with van der Waals surface area (Å²) in [4.78, 5) is 14.3. The fourth-order valence-corrected chi connectivity index (χ4v) is 4.38. The smallest absolute Gasteiger partial charge is 0.321 e. The molecular formula is C18H25N5O3S. The third-order valence-electron chi connectivity index (χ3n) is 4.60. The van der Waals surface area contributed by atoms with Crippen LogP contribution in [0.4, 0.5) is 16.2 Å². The number of carbonyl (C=O) groups is 1. The minimum atomic E-state index is -3.36. The zero-order valence-electron chi connectivity index (χ0n) is 15.3. The van der Waals surface area contributed by atoms with Crippen LogP contribution in [0, 0.1) is 0 Å². The Labute approximate surface area is 159 Å². The van der Waals surface area contributed by atoms with E-state index in [1.807, 2.05) is 13.0 Å². The van der Waals surface area contributed by atoms with Crippen LogP contribution in [0.3, 0.4) is 0 Å². The Balaban J connectivity index is 1.56. The maximum atomic E-state index is 12.5. The highest BCUT2D eigenvalue weighted by molar-refractivity contribution is 7.92. The number of piperidine rings is 1. The molecule has 0 atom stereocenters. The van der Waals surface area contributed by atoms with Crippen molar-refractivity contribution in [3.8, 4) is 0 Å². The number of aromatic amines is 1. The van der Waals surface area contributed by atoms with E-state index in [1.165, 1.54) is 0 Å². The average Bonchev–Trinajstić information content (AvgIpc) is 3.16. The molecular weight excluding hydrogens is 366 g/mol. The number of nitrogens with zero attached hydrogens (tertiary/aromatic N) is 2. The van der Waals surface area contributed by atoms with Gasteiger partial charge in [-0.05, 0) is 43.5 Å². The van der Waals surface area contributed by atoms with Gasteiger partial charge in [0, 0.05) is 36.6 Å². The Morgan fingerprint density at radius 3 is 2.67 bits per heavy atom. The van der Waals surface area contributed by atoms with Gasteiger partial charge in [-0.25, -0.2) is 13.2 Å². The zero-order valence-corrected chi connectivity index (χ0v) is 16.1. The molecule has 9 heteroatoms. The zero-order chi connectivity index (χ0) is 19.3. The molecule has 0 aliphatic carbocycles. The molecule has 0 unspecified atom stereocenters. The van der Waals surface area contributed by atoms with Crippen molar-refractivity contribution in [2.75, 3.05) is 28.9 Å². The standard InChI is InChI=1S/C18H25N5O3S/c1-2-12-27(25,26)22-16-5-3-4-15(13-16)20-18(24)23-10-7-14(8-11-23)17-6-9-19-21-17/h3-6,9,13-14,22H,2,7-8,10-12H2,1H3,(H,19,21)(H,20,24). The SMILES string of the molecule is CCCS(=O)(=O)Nc1cccc(NC(=O)N2CCC(c3ccn[nH]3)CC2)c1. The van der Waals surface area contributed by atoms with E-state index in [0.29, 0.717) is 36.8 Å². The van der Waals surface area contributed by atoms with E-state index in [0.717, 1.165) is 18.5 Å². The molecule has 1 saturated heterocycles. The minimum absolute atomic E-state index is 0.0643. The van der Waals surface area contributed by atoms with Gasteiger partial charge in [-0.3, -0.25) is 9.82 Å². The topological polar surface area (TPSA) is 107 Å². The predicted octanol–water partition coefficient (Wildman–Crippen LogP) is 2.97. The normalized spacial score (nSPS) is 15.5. The molecule has 2 amide bonds. The molecule has 0 saturated carbocycles. The van der Waals surface area contributed by atoms with E-state index in [4.69, 9.17) is 0 Å². The van der Waals surface area contributed by atoms with Crippen molar-refractivity contribution >= 4 is 27.4 Å². The first-order valence-corrected chi connectivity index (χ1v) is 10.8. The van der Waals surface area contributed by atoms with Crippen LogP contribution in [0.5, 0.6) is 0 Å². The second-order valence-corrected chi connectivity index (χ2v) is 8.55. The fraction of sp³-hybridized carbons (Fsp3) is 0.444. The average molecular weight is 391 g/mol. The van der Waals surface area contributed by atoms with Crippen molar-refractivity contribution in [3.63, 3.8) is 0 Å². The van der Waals surface area contributed by atoms with E-state index >= 15 is 0 Å². The Kier molecular flexibility index (Phi) is 6.00.